The molecule has 0 amide bonds. The molecule has 3 rings (SSSR count). The Morgan fingerprint density at radius 3 is 2.84 bits per heavy atom. The Kier molecular flexibility index (Phi) is 2.91. The summed E-state index contributed by atoms with van der Waals surface area (Å²) in [6, 6.07) is 10.4. The highest BCUT2D eigenvalue weighted by atomic mass is 15.1. The predicted octanol–water partition coefficient (Wildman–Crippen LogP) is 3.14. The minimum Gasteiger partial charge on any atom is -0.374 e. The molecule has 0 aliphatic rings. The molecular formula is C15H16N4. The molecule has 1 unspecified atom stereocenters. The highest BCUT2D eigenvalue weighted by molar-refractivity contribution is 5.81. The third-order valence-corrected chi connectivity index (χ3v) is 3.22. The molecule has 2 heterocycles. The fraction of sp³-hybridized carbons (Fsp3) is 0.200. The Labute approximate surface area is 112 Å². The third-order valence-electron chi connectivity index (χ3n) is 3.22. The average molecular weight is 252 g/mol. The molecule has 2 aromatic heterocycles. The number of pyridine rings is 1. The Bertz CT molecular complexity index is 702. The summed E-state index contributed by atoms with van der Waals surface area (Å²) < 4.78 is 2.02. The molecule has 0 radical (unpaired) electrons. The van der Waals surface area contributed by atoms with Gasteiger partial charge >= 0.3 is 0 Å². The SMILES string of the molecule is CC(Nc1cnc2ccccc2c1)c1nccn1C. The molecular weight excluding hydrogens is 236 g/mol. The number of hydrogen-bond donors (Lipinski definition) is 1. The van der Waals surface area contributed by atoms with Gasteiger partial charge in [0.1, 0.15) is 5.82 Å². The number of anilines is 1. The molecule has 1 aromatic carbocycles. The van der Waals surface area contributed by atoms with Crippen LogP contribution in [0.5, 0.6) is 0 Å². The van der Waals surface area contributed by atoms with Crippen LogP contribution in [0, 0.1) is 0 Å². The van der Waals surface area contributed by atoms with Gasteiger partial charge in [0, 0.05) is 24.8 Å². The first-order valence-electron chi connectivity index (χ1n) is 6.32. The van der Waals surface area contributed by atoms with Crippen LogP contribution in [0.3, 0.4) is 0 Å². The summed E-state index contributed by atoms with van der Waals surface area (Å²) in [6.07, 6.45) is 5.63. The second-order valence-corrected chi connectivity index (χ2v) is 4.68. The van der Waals surface area contributed by atoms with Crippen molar-refractivity contribution in [1.29, 1.82) is 0 Å². The van der Waals surface area contributed by atoms with Crippen molar-refractivity contribution >= 4 is 16.6 Å². The molecule has 1 atom stereocenters. The molecule has 19 heavy (non-hydrogen) atoms. The largest absolute Gasteiger partial charge is 0.374 e. The van der Waals surface area contributed by atoms with Gasteiger partial charge in [-0.15, -0.1) is 0 Å². The monoisotopic (exact) mass is 252 g/mol. The second-order valence-electron chi connectivity index (χ2n) is 4.68. The smallest absolute Gasteiger partial charge is 0.130 e. The van der Waals surface area contributed by atoms with E-state index in [1.807, 2.05) is 48.4 Å². The number of fused-ring (bicyclic) bond motifs is 1. The van der Waals surface area contributed by atoms with Crippen molar-refractivity contribution < 1.29 is 0 Å². The van der Waals surface area contributed by atoms with E-state index in [0.29, 0.717) is 0 Å². The highest BCUT2D eigenvalue weighted by Gasteiger charge is 2.10. The zero-order valence-corrected chi connectivity index (χ0v) is 11.0. The summed E-state index contributed by atoms with van der Waals surface area (Å²) in [5.41, 5.74) is 2.02. The van der Waals surface area contributed by atoms with Crippen molar-refractivity contribution in [2.45, 2.75) is 13.0 Å². The molecule has 0 saturated heterocycles. The molecule has 0 aliphatic heterocycles. The summed E-state index contributed by atoms with van der Waals surface area (Å²) in [5, 5.41) is 4.57. The van der Waals surface area contributed by atoms with Gasteiger partial charge in [-0.25, -0.2) is 4.98 Å². The lowest BCUT2D eigenvalue weighted by Gasteiger charge is -2.15. The fourth-order valence-electron chi connectivity index (χ4n) is 2.26. The number of nitrogens with zero attached hydrogens (tertiary/aromatic N) is 3. The topological polar surface area (TPSA) is 42.7 Å². The lowest BCUT2D eigenvalue weighted by molar-refractivity contribution is 0.721. The summed E-state index contributed by atoms with van der Waals surface area (Å²) in [5.74, 6) is 1.01. The number of aryl methyl sites for hydroxylation is 1. The Morgan fingerprint density at radius 1 is 1.21 bits per heavy atom. The number of para-hydroxylation sites is 1. The van der Waals surface area contributed by atoms with E-state index >= 15 is 0 Å². The molecule has 4 nitrogen and oxygen atoms in total. The van der Waals surface area contributed by atoms with E-state index in [1.54, 1.807) is 0 Å². The summed E-state index contributed by atoms with van der Waals surface area (Å²) in [6.45, 7) is 2.09. The van der Waals surface area contributed by atoms with Gasteiger partial charge in [-0.1, -0.05) is 18.2 Å². The van der Waals surface area contributed by atoms with Gasteiger partial charge in [-0.05, 0) is 19.1 Å². The molecule has 0 bridgehead atoms. The van der Waals surface area contributed by atoms with Crippen LogP contribution >= 0.6 is 0 Å². The first-order valence-corrected chi connectivity index (χ1v) is 6.32. The number of imidazole rings is 1. The van der Waals surface area contributed by atoms with Crippen molar-refractivity contribution in [3.05, 3.63) is 54.7 Å². The van der Waals surface area contributed by atoms with Crippen LogP contribution < -0.4 is 5.32 Å². The first kappa shape index (κ1) is 11.7. The quantitative estimate of drug-likeness (QED) is 0.778. The van der Waals surface area contributed by atoms with E-state index in [1.165, 1.54) is 0 Å². The van der Waals surface area contributed by atoms with Gasteiger partial charge in [0.25, 0.3) is 0 Å². The zero-order valence-electron chi connectivity index (χ0n) is 11.0. The van der Waals surface area contributed by atoms with Crippen LogP contribution in [0.2, 0.25) is 0 Å². The van der Waals surface area contributed by atoms with Gasteiger partial charge in [-0.3, -0.25) is 4.98 Å². The molecule has 0 saturated carbocycles. The average Bonchev–Trinajstić information content (AvgIpc) is 2.85. The molecule has 0 fully saturated rings. The Hall–Kier alpha value is -2.36. The summed E-state index contributed by atoms with van der Waals surface area (Å²) in [4.78, 5) is 8.80. The van der Waals surface area contributed by atoms with E-state index < -0.39 is 0 Å². The summed E-state index contributed by atoms with van der Waals surface area (Å²) in [7, 11) is 2.00. The molecule has 0 spiro atoms. The van der Waals surface area contributed by atoms with Crippen LogP contribution in [0.1, 0.15) is 18.8 Å². The maximum atomic E-state index is 4.45. The van der Waals surface area contributed by atoms with Gasteiger partial charge in [0.2, 0.25) is 0 Å². The highest BCUT2D eigenvalue weighted by Crippen LogP contribution is 2.20. The normalized spacial score (nSPS) is 12.5. The third kappa shape index (κ3) is 2.29. The van der Waals surface area contributed by atoms with Crippen LogP contribution in [0.15, 0.2) is 48.9 Å². The second kappa shape index (κ2) is 4.72. The number of benzene rings is 1. The minimum atomic E-state index is 0.142. The van der Waals surface area contributed by atoms with Crippen molar-refractivity contribution in [1.82, 2.24) is 14.5 Å². The number of hydrogen-bond acceptors (Lipinski definition) is 3. The van der Waals surface area contributed by atoms with E-state index in [2.05, 4.69) is 34.3 Å². The van der Waals surface area contributed by atoms with Crippen molar-refractivity contribution in [3.8, 4) is 0 Å². The number of nitrogens with one attached hydrogen (secondary N) is 1. The van der Waals surface area contributed by atoms with Crippen molar-refractivity contribution in [2.24, 2.45) is 7.05 Å². The fourth-order valence-corrected chi connectivity index (χ4v) is 2.26. The standard InChI is InChI=1S/C15H16N4/c1-11(15-16-7-8-19(15)2)18-13-9-12-5-3-4-6-14(12)17-10-13/h3-11,18H,1-2H3. The lowest BCUT2D eigenvalue weighted by Crippen LogP contribution is -2.11. The lowest BCUT2D eigenvalue weighted by atomic mass is 10.2. The van der Waals surface area contributed by atoms with Crippen molar-refractivity contribution in [2.75, 3.05) is 5.32 Å². The van der Waals surface area contributed by atoms with Crippen molar-refractivity contribution in [3.63, 3.8) is 0 Å². The van der Waals surface area contributed by atoms with E-state index in [4.69, 9.17) is 0 Å². The molecule has 96 valence electrons. The van der Waals surface area contributed by atoms with Crippen LogP contribution in [-0.2, 0) is 7.05 Å². The first-order chi connectivity index (χ1) is 9.24. The minimum absolute atomic E-state index is 0.142. The molecule has 4 heteroatoms. The Morgan fingerprint density at radius 2 is 2.05 bits per heavy atom. The number of aromatic nitrogens is 3. The molecule has 1 N–H and O–H groups in total. The van der Waals surface area contributed by atoms with Crippen LogP contribution in [0.25, 0.3) is 10.9 Å². The maximum Gasteiger partial charge on any atom is 0.130 e. The van der Waals surface area contributed by atoms with Crippen LogP contribution in [0.4, 0.5) is 5.69 Å². The van der Waals surface area contributed by atoms with E-state index in [-0.39, 0.29) is 6.04 Å². The molecule has 0 aliphatic carbocycles. The summed E-state index contributed by atoms with van der Waals surface area (Å²) >= 11 is 0. The number of rotatable bonds is 3. The zero-order chi connectivity index (χ0) is 13.2. The van der Waals surface area contributed by atoms with Gasteiger partial charge in [-0.2, -0.15) is 0 Å². The van der Waals surface area contributed by atoms with E-state index in [0.717, 1.165) is 22.4 Å². The van der Waals surface area contributed by atoms with Gasteiger partial charge < -0.3 is 9.88 Å². The molecule has 3 aromatic rings. The van der Waals surface area contributed by atoms with Gasteiger partial charge in [0.05, 0.1) is 23.4 Å². The maximum absolute atomic E-state index is 4.45. The van der Waals surface area contributed by atoms with Crippen LogP contribution in [-0.4, -0.2) is 14.5 Å². The van der Waals surface area contributed by atoms with E-state index in [9.17, 15) is 0 Å². The predicted molar refractivity (Wildman–Crippen MR) is 77.0 cm³/mol. The van der Waals surface area contributed by atoms with Gasteiger partial charge in [0.15, 0.2) is 0 Å². The Balaban J connectivity index is 1.87.